The number of carbonyl (C=O) groups excluding carboxylic acids is 1. The number of pyridine rings is 1. The number of nitrogens with zero attached hydrogens (tertiary/aromatic N) is 4. The molecule has 1 amide bonds. The lowest BCUT2D eigenvalue weighted by Gasteiger charge is -2.10. The van der Waals surface area contributed by atoms with Crippen LogP contribution in [0.25, 0.3) is 16.9 Å². The van der Waals surface area contributed by atoms with Crippen molar-refractivity contribution in [2.45, 2.75) is 13.0 Å². The third-order valence-corrected chi connectivity index (χ3v) is 4.09. The van der Waals surface area contributed by atoms with Crippen LogP contribution in [0.1, 0.15) is 12.0 Å². The van der Waals surface area contributed by atoms with Gasteiger partial charge in [-0.15, -0.1) is 0 Å². The van der Waals surface area contributed by atoms with Gasteiger partial charge < -0.3 is 10.2 Å². The molecule has 1 N–H and O–H groups in total. The number of nitrogens with one attached hydrogen (secondary N) is 1. The molecule has 0 aliphatic rings. The van der Waals surface area contributed by atoms with Crippen LogP contribution in [0.15, 0.2) is 61.1 Å². The smallest absolute Gasteiger partial charge is 0.223 e. The molecule has 2 aromatic heterocycles. The van der Waals surface area contributed by atoms with Crippen molar-refractivity contribution in [2.24, 2.45) is 0 Å². The molecule has 0 saturated heterocycles. The summed E-state index contributed by atoms with van der Waals surface area (Å²) in [5.41, 5.74) is 4.03. The van der Waals surface area contributed by atoms with Gasteiger partial charge in [0, 0.05) is 63.3 Å². The van der Waals surface area contributed by atoms with Gasteiger partial charge >= 0.3 is 0 Å². The normalized spacial score (nSPS) is 10.7. The lowest BCUT2D eigenvalue weighted by molar-refractivity contribution is -0.128. The molecular formula is C20H23N5O. The van der Waals surface area contributed by atoms with E-state index in [9.17, 15) is 4.79 Å². The molecule has 0 spiro atoms. The van der Waals surface area contributed by atoms with Crippen molar-refractivity contribution in [1.82, 2.24) is 25.0 Å². The average molecular weight is 349 g/mol. The number of carbonyl (C=O) groups is 1. The summed E-state index contributed by atoms with van der Waals surface area (Å²) in [4.78, 5) is 17.4. The Bertz CT molecular complexity index is 843. The van der Waals surface area contributed by atoms with Gasteiger partial charge in [0.05, 0.1) is 11.4 Å². The van der Waals surface area contributed by atoms with Crippen LogP contribution in [0.2, 0.25) is 0 Å². The maximum absolute atomic E-state index is 11.7. The number of hydrogen-bond acceptors (Lipinski definition) is 4. The van der Waals surface area contributed by atoms with Crippen molar-refractivity contribution < 1.29 is 4.79 Å². The number of benzene rings is 1. The molecule has 3 rings (SSSR count). The lowest BCUT2D eigenvalue weighted by atomic mass is 10.1. The predicted octanol–water partition coefficient (Wildman–Crippen LogP) is 2.50. The van der Waals surface area contributed by atoms with E-state index >= 15 is 0 Å². The van der Waals surface area contributed by atoms with Gasteiger partial charge in [-0.1, -0.05) is 18.2 Å². The van der Waals surface area contributed by atoms with E-state index in [2.05, 4.69) is 10.3 Å². The summed E-state index contributed by atoms with van der Waals surface area (Å²) in [6.45, 7) is 1.27. The molecule has 0 aliphatic heterocycles. The molecular weight excluding hydrogens is 326 g/mol. The fourth-order valence-corrected chi connectivity index (χ4v) is 2.65. The Morgan fingerprint density at radius 3 is 2.54 bits per heavy atom. The topological polar surface area (TPSA) is 63.1 Å². The summed E-state index contributed by atoms with van der Waals surface area (Å²) in [7, 11) is 3.54. The molecule has 0 aliphatic carbocycles. The van der Waals surface area contributed by atoms with E-state index in [0.717, 1.165) is 22.5 Å². The minimum atomic E-state index is 0.117. The van der Waals surface area contributed by atoms with E-state index in [0.29, 0.717) is 19.5 Å². The first-order chi connectivity index (χ1) is 12.6. The van der Waals surface area contributed by atoms with E-state index in [1.54, 1.807) is 31.4 Å². The minimum absolute atomic E-state index is 0.117. The third-order valence-electron chi connectivity index (χ3n) is 4.09. The highest BCUT2D eigenvalue weighted by atomic mass is 16.2. The Hall–Kier alpha value is -2.99. The Labute approximate surface area is 153 Å². The number of rotatable bonds is 7. The highest BCUT2D eigenvalue weighted by Crippen LogP contribution is 2.23. The molecule has 0 unspecified atom stereocenters. The number of amides is 1. The van der Waals surface area contributed by atoms with Gasteiger partial charge in [-0.05, 0) is 24.3 Å². The van der Waals surface area contributed by atoms with Gasteiger partial charge in [0.15, 0.2) is 0 Å². The minimum Gasteiger partial charge on any atom is -0.349 e. The van der Waals surface area contributed by atoms with Crippen LogP contribution in [-0.4, -0.2) is 46.2 Å². The molecule has 1 aromatic carbocycles. The second-order valence-corrected chi connectivity index (χ2v) is 6.23. The van der Waals surface area contributed by atoms with Crippen molar-refractivity contribution in [3.8, 4) is 16.9 Å². The van der Waals surface area contributed by atoms with Crippen molar-refractivity contribution in [2.75, 3.05) is 20.6 Å². The van der Waals surface area contributed by atoms with Crippen LogP contribution in [-0.2, 0) is 11.3 Å². The molecule has 6 nitrogen and oxygen atoms in total. The molecule has 0 bridgehead atoms. The van der Waals surface area contributed by atoms with Gasteiger partial charge in [-0.2, -0.15) is 5.10 Å². The molecule has 0 saturated carbocycles. The Morgan fingerprint density at radius 1 is 1.12 bits per heavy atom. The van der Waals surface area contributed by atoms with Crippen molar-refractivity contribution in [1.29, 1.82) is 0 Å². The van der Waals surface area contributed by atoms with Crippen LogP contribution in [0.4, 0.5) is 0 Å². The zero-order valence-corrected chi connectivity index (χ0v) is 15.1. The van der Waals surface area contributed by atoms with Crippen molar-refractivity contribution >= 4 is 5.91 Å². The molecule has 3 aromatic rings. The number of para-hydroxylation sites is 1. The van der Waals surface area contributed by atoms with E-state index in [-0.39, 0.29) is 5.91 Å². The van der Waals surface area contributed by atoms with E-state index < -0.39 is 0 Å². The Balaban J connectivity index is 1.79. The molecule has 0 fully saturated rings. The number of aromatic nitrogens is 3. The van der Waals surface area contributed by atoms with Crippen molar-refractivity contribution in [3.63, 3.8) is 0 Å². The monoisotopic (exact) mass is 349 g/mol. The number of hydrogen-bond donors (Lipinski definition) is 1. The molecule has 26 heavy (non-hydrogen) atoms. The second kappa shape index (κ2) is 8.40. The lowest BCUT2D eigenvalue weighted by Crippen LogP contribution is -2.26. The molecule has 0 atom stereocenters. The molecule has 0 radical (unpaired) electrons. The van der Waals surface area contributed by atoms with Gasteiger partial charge in [0.1, 0.15) is 0 Å². The van der Waals surface area contributed by atoms with E-state index in [4.69, 9.17) is 5.10 Å². The maximum Gasteiger partial charge on any atom is 0.223 e. The summed E-state index contributed by atoms with van der Waals surface area (Å²) in [6, 6.07) is 13.9. The predicted molar refractivity (Wildman–Crippen MR) is 102 cm³/mol. The fourth-order valence-electron chi connectivity index (χ4n) is 2.65. The second-order valence-electron chi connectivity index (χ2n) is 6.23. The third kappa shape index (κ3) is 4.34. The Kier molecular flexibility index (Phi) is 5.76. The molecule has 6 heteroatoms. The SMILES string of the molecule is CN(C)C(=O)CCNCc1cn(-c2ccccc2)nc1-c1ccncc1. The van der Waals surface area contributed by atoms with Crippen LogP contribution < -0.4 is 5.32 Å². The zero-order valence-electron chi connectivity index (χ0n) is 15.1. The standard InChI is InChI=1S/C20H23N5O/c1-24(2)19(26)10-13-22-14-17-15-25(18-6-4-3-5-7-18)23-20(17)16-8-11-21-12-9-16/h3-9,11-12,15,22H,10,13-14H2,1-2H3. The summed E-state index contributed by atoms with van der Waals surface area (Å²) in [5, 5.41) is 8.11. The first-order valence-electron chi connectivity index (χ1n) is 8.60. The quantitative estimate of drug-likeness (QED) is 0.666. The molecule has 2 heterocycles. The zero-order chi connectivity index (χ0) is 18.4. The van der Waals surface area contributed by atoms with E-state index in [1.165, 1.54) is 0 Å². The maximum atomic E-state index is 11.7. The summed E-state index contributed by atoms with van der Waals surface area (Å²) in [6.07, 6.45) is 6.05. The first-order valence-corrected chi connectivity index (χ1v) is 8.60. The highest BCUT2D eigenvalue weighted by Gasteiger charge is 2.12. The van der Waals surface area contributed by atoms with Gasteiger partial charge in [-0.3, -0.25) is 9.78 Å². The van der Waals surface area contributed by atoms with Crippen LogP contribution >= 0.6 is 0 Å². The van der Waals surface area contributed by atoms with Gasteiger partial charge in [-0.25, -0.2) is 4.68 Å². The Morgan fingerprint density at radius 2 is 1.85 bits per heavy atom. The summed E-state index contributed by atoms with van der Waals surface area (Å²) < 4.78 is 1.89. The highest BCUT2D eigenvalue weighted by molar-refractivity contribution is 5.75. The van der Waals surface area contributed by atoms with Gasteiger partial charge in [0.2, 0.25) is 5.91 Å². The largest absolute Gasteiger partial charge is 0.349 e. The summed E-state index contributed by atoms with van der Waals surface area (Å²) >= 11 is 0. The van der Waals surface area contributed by atoms with Crippen LogP contribution in [0.3, 0.4) is 0 Å². The van der Waals surface area contributed by atoms with Crippen LogP contribution in [0.5, 0.6) is 0 Å². The van der Waals surface area contributed by atoms with E-state index in [1.807, 2.05) is 53.3 Å². The van der Waals surface area contributed by atoms with Crippen molar-refractivity contribution in [3.05, 3.63) is 66.6 Å². The average Bonchev–Trinajstić information content (AvgIpc) is 3.10. The van der Waals surface area contributed by atoms with Gasteiger partial charge in [0.25, 0.3) is 0 Å². The van der Waals surface area contributed by atoms with Crippen LogP contribution in [0, 0.1) is 0 Å². The fraction of sp³-hybridized carbons (Fsp3) is 0.250. The first kappa shape index (κ1) is 17.8. The molecule has 134 valence electrons. The summed E-state index contributed by atoms with van der Waals surface area (Å²) in [5.74, 6) is 0.117.